The lowest BCUT2D eigenvalue weighted by Gasteiger charge is -2.29. The number of nitrogens with zero attached hydrogens (tertiary/aromatic N) is 3. The van der Waals surface area contributed by atoms with E-state index in [-0.39, 0.29) is 37.2 Å². The number of fused-ring (bicyclic) bond motifs is 2. The number of rotatable bonds is 6. The van der Waals surface area contributed by atoms with Crippen LogP contribution in [0, 0.1) is 11.8 Å². The summed E-state index contributed by atoms with van der Waals surface area (Å²) < 4.78 is 0. The molecule has 6 amide bonds. The van der Waals surface area contributed by atoms with Crippen LogP contribution in [0.1, 0.15) is 84.6 Å². The molecular weight excluding hydrogens is 695 g/mol. The molecule has 1 aliphatic heterocycles. The van der Waals surface area contributed by atoms with E-state index < -0.39 is 53.7 Å². The first-order valence-corrected chi connectivity index (χ1v) is 18.8. The predicted octanol–water partition coefficient (Wildman–Crippen LogP) is 3.12. The van der Waals surface area contributed by atoms with E-state index >= 15 is 0 Å². The quantitative estimate of drug-likeness (QED) is 0.301. The molecule has 4 atom stereocenters. The summed E-state index contributed by atoms with van der Waals surface area (Å²) in [6.07, 6.45) is 1.21. The van der Waals surface area contributed by atoms with Crippen molar-refractivity contribution in [1.29, 1.82) is 0 Å². The molecule has 284 valence electrons. The van der Waals surface area contributed by atoms with Crippen LogP contribution in [0.5, 0.6) is 0 Å². The topological polar surface area (TPSA) is 170 Å². The van der Waals surface area contributed by atoms with Gasteiger partial charge in [0.2, 0.25) is 23.6 Å². The number of carbonyl (C=O) groups excluding carboxylic acids is 6. The Bertz CT molecular complexity index is 1760. The molecule has 0 saturated carbocycles. The van der Waals surface area contributed by atoms with Gasteiger partial charge in [0, 0.05) is 31.1 Å². The Balaban J connectivity index is 1.69. The van der Waals surface area contributed by atoms with Crippen molar-refractivity contribution in [3.63, 3.8) is 0 Å². The Hall–Kier alpha value is -5.11. The van der Waals surface area contributed by atoms with E-state index in [4.69, 9.17) is 0 Å². The first kappa shape index (κ1) is 40.7. The normalized spacial score (nSPS) is 21.4. The van der Waals surface area contributed by atoms with Crippen molar-refractivity contribution in [3.8, 4) is 0 Å². The van der Waals surface area contributed by atoms with Crippen LogP contribution in [0.3, 0.4) is 0 Å². The smallest absolute Gasteiger partial charge is 0.271 e. The molecule has 0 unspecified atom stereocenters. The average molecular weight is 746 g/mol. The predicted molar refractivity (Wildman–Crippen MR) is 203 cm³/mol. The highest BCUT2D eigenvalue weighted by atomic mass is 32.1. The third kappa shape index (κ3) is 11.4. The number of amides is 6. The molecule has 1 aromatic heterocycles. The lowest BCUT2D eigenvalue weighted by molar-refractivity contribution is -0.136. The maximum atomic E-state index is 14.0. The highest BCUT2D eigenvalue weighted by Gasteiger charge is 2.31. The summed E-state index contributed by atoms with van der Waals surface area (Å²) >= 11 is 1.19. The van der Waals surface area contributed by atoms with Gasteiger partial charge in [0.25, 0.3) is 11.8 Å². The van der Waals surface area contributed by atoms with E-state index in [1.54, 1.807) is 38.4 Å². The summed E-state index contributed by atoms with van der Waals surface area (Å²) in [4.78, 5) is 88.3. The van der Waals surface area contributed by atoms with Gasteiger partial charge in [-0.05, 0) is 61.8 Å². The molecule has 4 rings (SSSR count). The van der Waals surface area contributed by atoms with Crippen molar-refractivity contribution in [3.05, 3.63) is 87.4 Å². The highest BCUT2D eigenvalue weighted by molar-refractivity contribution is 7.09. The molecule has 0 fully saturated rings. The van der Waals surface area contributed by atoms with E-state index in [1.807, 2.05) is 42.5 Å². The van der Waals surface area contributed by atoms with Gasteiger partial charge in [0.15, 0.2) is 0 Å². The molecule has 2 heterocycles. The number of nitrogens with one attached hydrogen (secondary N) is 4. The zero-order valence-electron chi connectivity index (χ0n) is 31.5. The maximum Gasteiger partial charge on any atom is 0.271 e. The zero-order chi connectivity index (χ0) is 38.8. The Labute approximate surface area is 315 Å². The van der Waals surface area contributed by atoms with E-state index in [0.29, 0.717) is 22.9 Å². The summed E-state index contributed by atoms with van der Waals surface area (Å²) in [6.45, 7) is 10.6. The van der Waals surface area contributed by atoms with Gasteiger partial charge in [0.1, 0.15) is 28.8 Å². The largest absolute Gasteiger partial charge is 0.345 e. The van der Waals surface area contributed by atoms with Gasteiger partial charge in [-0.3, -0.25) is 28.8 Å². The molecule has 13 nitrogen and oxygen atoms in total. The molecule has 4 N–H and O–H groups in total. The summed E-state index contributed by atoms with van der Waals surface area (Å²) in [6, 6.07) is 13.2. The van der Waals surface area contributed by atoms with Crippen molar-refractivity contribution in [1.82, 2.24) is 36.1 Å². The second-order valence-corrected chi connectivity index (χ2v) is 15.2. The summed E-state index contributed by atoms with van der Waals surface area (Å²) in [5, 5.41) is 13.1. The van der Waals surface area contributed by atoms with Crippen LogP contribution in [0.15, 0.2) is 60.0 Å². The number of carbonyl (C=O) groups is 6. The van der Waals surface area contributed by atoms with Crippen molar-refractivity contribution >= 4 is 46.8 Å². The van der Waals surface area contributed by atoms with E-state index in [2.05, 4.69) is 40.1 Å². The fourth-order valence-corrected chi connectivity index (χ4v) is 6.78. The number of hydrogen-bond donors (Lipinski definition) is 4. The van der Waals surface area contributed by atoms with Crippen LogP contribution in [0.4, 0.5) is 0 Å². The lowest BCUT2D eigenvalue weighted by atomic mass is 10.0. The molecule has 2 bridgehead atoms. The minimum absolute atomic E-state index is 0.0242. The molecule has 14 heteroatoms. The zero-order valence-corrected chi connectivity index (χ0v) is 32.3. The monoisotopic (exact) mass is 745 g/mol. The Kier molecular flexibility index (Phi) is 14.3. The number of hydrogen-bond acceptors (Lipinski definition) is 8. The van der Waals surface area contributed by atoms with Crippen LogP contribution in [0.2, 0.25) is 0 Å². The first-order valence-electron chi connectivity index (χ1n) is 18.0. The van der Waals surface area contributed by atoms with Crippen molar-refractivity contribution in [2.24, 2.45) is 11.8 Å². The van der Waals surface area contributed by atoms with Crippen LogP contribution in [-0.2, 0) is 32.0 Å². The van der Waals surface area contributed by atoms with Gasteiger partial charge >= 0.3 is 0 Å². The van der Waals surface area contributed by atoms with Crippen molar-refractivity contribution < 1.29 is 28.8 Å². The highest BCUT2D eigenvalue weighted by Crippen LogP contribution is 2.23. The third-order valence-corrected chi connectivity index (χ3v) is 9.89. The average Bonchev–Trinajstić information content (AvgIpc) is 3.62. The number of benzene rings is 2. The summed E-state index contributed by atoms with van der Waals surface area (Å²) in [5.41, 5.74) is 2.47. The third-order valence-electron chi connectivity index (χ3n) is 8.94. The van der Waals surface area contributed by atoms with Gasteiger partial charge in [-0.2, -0.15) is 0 Å². The van der Waals surface area contributed by atoms with Crippen LogP contribution < -0.4 is 21.3 Å². The Morgan fingerprint density at radius 3 is 2.15 bits per heavy atom. The van der Waals surface area contributed by atoms with Gasteiger partial charge in [-0.1, -0.05) is 70.2 Å². The Morgan fingerprint density at radius 1 is 0.830 bits per heavy atom. The maximum absolute atomic E-state index is 14.0. The Morgan fingerprint density at radius 2 is 1.51 bits per heavy atom. The van der Waals surface area contributed by atoms with E-state index in [9.17, 15) is 28.8 Å². The summed E-state index contributed by atoms with van der Waals surface area (Å²) in [7, 11) is 1.56. The number of likely N-dealkylation sites (N-methyl/N-ethyl adjacent to an activating group) is 1. The molecule has 0 saturated heterocycles. The standard InChI is InChI=1S/C39H51N7O6S/c1-23(2)19-28-13-15-29(16-14-28)39(52)46-18-17-45(7)38(51)26(6)41-36(50)33(24(3)4)44-34(48)25(5)40-35(49)31-22-53-37(43-31)30(42-32(47)21-46)20-27-11-9-8-10-12-27/h8-16,22-26,30,33H,17-21H2,1-7H3,(H,40,49)(H,41,50)(H,42,47)(H,44,48)/t25-,26+,30-,33-/m0/s1. The molecule has 0 radical (unpaired) electrons. The minimum Gasteiger partial charge on any atom is -0.345 e. The molecule has 53 heavy (non-hydrogen) atoms. The molecule has 3 aromatic rings. The lowest BCUT2D eigenvalue weighted by Crippen LogP contribution is -2.57. The molecule has 0 spiro atoms. The molecule has 2 aromatic carbocycles. The van der Waals surface area contributed by atoms with Crippen LogP contribution in [-0.4, -0.2) is 95.0 Å². The van der Waals surface area contributed by atoms with E-state index in [0.717, 1.165) is 17.5 Å². The fourth-order valence-electron chi connectivity index (χ4n) is 5.93. The van der Waals surface area contributed by atoms with Gasteiger partial charge in [0.05, 0.1) is 12.6 Å². The fraction of sp³-hybridized carbons (Fsp3) is 0.462. The second-order valence-electron chi connectivity index (χ2n) is 14.3. The molecule has 0 aliphatic carbocycles. The van der Waals surface area contributed by atoms with Gasteiger partial charge in [-0.15, -0.1) is 11.3 Å². The van der Waals surface area contributed by atoms with Gasteiger partial charge < -0.3 is 31.1 Å². The second kappa shape index (κ2) is 18.6. The van der Waals surface area contributed by atoms with Gasteiger partial charge in [-0.25, -0.2) is 4.98 Å². The molecular formula is C39H51N7O6S. The SMILES string of the molecule is CC(C)Cc1ccc(C(=O)N2CCN(C)C(=O)[C@@H](C)NC(=O)[C@H](C(C)C)NC(=O)[C@H](C)NC(=O)c3csc(n3)[C@H](Cc3ccccc3)NC(=O)C2)cc1. The number of thiazole rings is 1. The summed E-state index contributed by atoms with van der Waals surface area (Å²) in [5.74, 6) is -2.90. The van der Waals surface area contributed by atoms with Crippen molar-refractivity contribution in [2.45, 2.75) is 78.6 Å². The first-order chi connectivity index (χ1) is 25.1. The molecule has 1 aliphatic rings. The van der Waals surface area contributed by atoms with Crippen molar-refractivity contribution in [2.75, 3.05) is 26.7 Å². The van der Waals surface area contributed by atoms with Crippen LogP contribution in [0.25, 0.3) is 0 Å². The minimum atomic E-state index is -1.02. The van der Waals surface area contributed by atoms with E-state index in [1.165, 1.54) is 35.0 Å². The van der Waals surface area contributed by atoms with Crippen LogP contribution >= 0.6 is 11.3 Å². The number of aromatic nitrogens is 1.